The fourth-order valence-corrected chi connectivity index (χ4v) is 7.55. The van der Waals surface area contributed by atoms with Crippen molar-refractivity contribution in [2.45, 2.75) is 0 Å². The van der Waals surface area contributed by atoms with Crippen LogP contribution in [0.15, 0.2) is 162 Å². The third-order valence-corrected chi connectivity index (χ3v) is 9.62. The monoisotopic (exact) mass is 594 g/mol. The summed E-state index contributed by atoms with van der Waals surface area (Å²) >= 11 is 1.81. The number of nitrogens with zero attached hydrogens (tertiary/aromatic N) is 2. The van der Waals surface area contributed by atoms with Gasteiger partial charge >= 0.3 is 0 Å². The number of fused-ring (bicyclic) bond motifs is 5. The Kier molecular flexibility index (Phi) is 6.00. The van der Waals surface area contributed by atoms with Gasteiger partial charge < -0.3 is 9.32 Å². The normalized spacial score (nSPS) is 11.6. The van der Waals surface area contributed by atoms with Crippen LogP contribution in [0.2, 0.25) is 0 Å². The van der Waals surface area contributed by atoms with Gasteiger partial charge in [0.15, 0.2) is 5.58 Å². The minimum absolute atomic E-state index is 0.654. The van der Waals surface area contributed by atoms with Crippen LogP contribution in [0.5, 0.6) is 0 Å². The van der Waals surface area contributed by atoms with E-state index in [9.17, 15) is 0 Å². The van der Waals surface area contributed by atoms with Crippen LogP contribution in [0, 0.1) is 0 Å². The summed E-state index contributed by atoms with van der Waals surface area (Å²) in [6.45, 7) is 0. The molecule has 212 valence electrons. The predicted molar refractivity (Wildman–Crippen MR) is 190 cm³/mol. The van der Waals surface area contributed by atoms with Crippen molar-refractivity contribution in [3.8, 4) is 22.6 Å². The molecule has 3 nitrogen and oxygen atoms in total. The molecule has 0 spiro atoms. The molecule has 0 bridgehead atoms. The van der Waals surface area contributed by atoms with E-state index in [1.165, 1.54) is 42.1 Å². The number of hydrogen-bond acceptors (Lipinski definition) is 4. The molecule has 2 heterocycles. The maximum Gasteiger partial charge on any atom is 0.227 e. The van der Waals surface area contributed by atoms with Crippen LogP contribution in [0.3, 0.4) is 0 Å². The van der Waals surface area contributed by atoms with E-state index in [1.54, 1.807) is 11.3 Å². The Morgan fingerprint density at radius 3 is 2.16 bits per heavy atom. The highest BCUT2D eigenvalue weighted by Gasteiger charge is 2.19. The standard InChI is InChI=1S/C41H26N2OS/c1-2-10-27(11-3-1)28-20-22-30(23-21-28)43(36-17-8-13-29-12-4-5-14-32(29)36)31-24-25-33-39(26-31)45-38-19-9-15-34(40(33)38)41-42-35-16-6-7-18-37(35)44-41/h1-26H. The lowest BCUT2D eigenvalue weighted by atomic mass is 10.0. The summed E-state index contributed by atoms with van der Waals surface area (Å²) in [6, 6.07) is 55.7. The lowest BCUT2D eigenvalue weighted by Gasteiger charge is -2.27. The molecule has 0 saturated carbocycles. The van der Waals surface area contributed by atoms with E-state index in [1.807, 2.05) is 24.3 Å². The molecule has 0 atom stereocenters. The third-order valence-electron chi connectivity index (χ3n) is 8.50. The maximum atomic E-state index is 6.23. The summed E-state index contributed by atoms with van der Waals surface area (Å²) in [7, 11) is 0. The second-order valence-corrected chi connectivity index (χ2v) is 12.3. The van der Waals surface area contributed by atoms with E-state index in [4.69, 9.17) is 9.40 Å². The molecule has 0 radical (unpaired) electrons. The minimum atomic E-state index is 0.654. The zero-order chi connectivity index (χ0) is 29.7. The van der Waals surface area contributed by atoms with Gasteiger partial charge in [-0.3, -0.25) is 0 Å². The van der Waals surface area contributed by atoms with Crippen molar-refractivity contribution in [1.82, 2.24) is 4.98 Å². The number of aromatic nitrogens is 1. The Balaban J connectivity index is 1.22. The molecule has 9 aromatic rings. The minimum Gasteiger partial charge on any atom is -0.436 e. The van der Waals surface area contributed by atoms with Crippen LogP contribution in [-0.4, -0.2) is 4.98 Å². The van der Waals surface area contributed by atoms with E-state index in [0.29, 0.717) is 5.89 Å². The number of para-hydroxylation sites is 2. The molecule has 7 aromatic carbocycles. The Hall–Kier alpha value is -5.71. The average molecular weight is 595 g/mol. The summed E-state index contributed by atoms with van der Waals surface area (Å²) in [5.74, 6) is 0.654. The molecule has 0 saturated heterocycles. The quantitative estimate of drug-likeness (QED) is 0.198. The van der Waals surface area contributed by atoms with Crippen molar-refractivity contribution in [2.75, 3.05) is 4.90 Å². The topological polar surface area (TPSA) is 29.3 Å². The predicted octanol–water partition coefficient (Wildman–Crippen LogP) is 12.2. The van der Waals surface area contributed by atoms with Gasteiger partial charge in [-0.1, -0.05) is 103 Å². The van der Waals surface area contributed by atoms with Crippen LogP contribution >= 0.6 is 11.3 Å². The van der Waals surface area contributed by atoms with Crippen molar-refractivity contribution >= 4 is 70.4 Å². The van der Waals surface area contributed by atoms with Crippen LogP contribution in [0.25, 0.3) is 64.6 Å². The van der Waals surface area contributed by atoms with Crippen molar-refractivity contribution < 1.29 is 4.42 Å². The molecule has 9 rings (SSSR count). The summed E-state index contributed by atoms with van der Waals surface area (Å²) in [6.07, 6.45) is 0. The smallest absolute Gasteiger partial charge is 0.227 e. The molecule has 0 aliphatic rings. The van der Waals surface area contributed by atoms with Crippen LogP contribution in [0.4, 0.5) is 17.1 Å². The molecule has 0 unspecified atom stereocenters. The fourth-order valence-electron chi connectivity index (χ4n) is 6.38. The van der Waals surface area contributed by atoms with Crippen LogP contribution in [-0.2, 0) is 0 Å². The van der Waals surface area contributed by atoms with E-state index < -0.39 is 0 Å². The molecular weight excluding hydrogens is 569 g/mol. The highest BCUT2D eigenvalue weighted by atomic mass is 32.1. The van der Waals surface area contributed by atoms with Crippen molar-refractivity contribution in [3.63, 3.8) is 0 Å². The Labute approximate surface area is 264 Å². The van der Waals surface area contributed by atoms with Crippen LogP contribution in [0.1, 0.15) is 0 Å². The van der Waals surface area contributed by atoms with E-state index >= 15 is 0 Å². The summed E-state index contributed by atoms with van der Waals surface area (Å²) < 4.78 is 8.66. The molecule has 0 aliphatic heterocycles. The van der Waals surface area contributed by atoms with Gasteiger partial charge in [0.05, 0.1) is 5.69 Å². The van der Waals surface area contributed by atoms with Gasteiger partial charge in [0.25, 0.3) is 0 Å². The zero-order valence-corrected chi connectivity index (χ0v) is 25.0. The van der Waals surface area contributed by atoms with Gasteiger partial charge in [-0.15, -0.1) is 11.3 Å². The molecule has 0 fully saturated rings. The summed E-state index contributed by atoms with van der Waals surface area (Å²) in [5, 5.41) is 4.81. The number of hydrogen-bond donors (Lipinski definition) is 0. The molecule has 4 heteroatoms. The van der Waals surface area contributed by atoms with E-state index in [2.05, 4.69) is 138 Å². The number of rotatable bonds is 5. The molecule has 0 aliphatic carbocycles. The first-order chi connectivity index (χ1) is 22.3. The van der Waals surface area contributed by atoms with E-state index in [0.717, 1.165) is 33.7 Å². The molecule has 45 heavy (non-hydrogen) atoms. The van der Waals surface area contributed by atoms with Gasteiger partial charge in [-0.25, -0.2) is 4.98 Å². The van der Waals surface area contributed by atoms with Gasteiger partial charge in [-0.2, -0.15) is 0 Å². The van der Waals surface area contributed by atoms with Gasteiger partial charge in [0.2, 0.25) is 5.89 Å². The lowest BCUT2D eigenvalue weighted by molar-refractivity contribution is 0.620. The van der Waals surface area contributed by atoms with Crippen molar-refractivity contribution in [3.05, 3.63) is 158 Å². The molecule has 0 N–H and O–H groups in total. The largest absolute Gasteiger partial charge is 0.436 e. The Morgan fingerprint density at radius 2 is 1.27 bits per heavy atom. The third kappa shape index (κ3) is 4.38. The first-order valence-corrected chi connectivity index (χ1v) is 15.9. The maximum absolute atomic E-state index is 6.23. The number of anilines is 3. The SMILES string of the molecule is c1ccc(-c2ccc(N(c3ccc4c(c3)sc3cccc(-c5nc6ccccc6o5)c34)c3cccc4ccccc34)cc2)cc1. The average Bonchev–Trinajstić information content (AvgIpc) is 3.71. The Morgan fingerprint density at radius 1 is 0.533 bits per heavy atom. The molecule has 2 aromatic heterocycles. The van der Waals surface area contributed by atoms with Gasteiger partial charge in [0.1, 0.15) is 5.52 Å². The highest BCUT2D eigenvalue weighted by molar-refractivity contribution is 7.26. The van der Waals surface area contributed by atoms with Gasteiger partial charge in [-0.05, 0) is 71.1 Å². The van der Waals surface area contributed by atoms with Crippen molar-refractivity contribution in [2.24, 2.45) is 0 Å². The van der Waals surface area contributed by atoms with Crippen LogP contribution < -0.4 is 4.90 Å². The number of benzene rings is 7. The van der Waals surface area contributed by atoms with Gasteiger partial charge in [0, 0.05) is 42.5 Å². The first-order valence-electron chi connectivity index (χ1n) is 15.0. The van der Waals surface area contributed by atoms with E-state index in [-0.39, 0.29) is 0 Å². The number of oxazole rings is 1. The highest BCUT2D eigenvalue weighted by Crippen LogP contribution is 2.45. The zero-order valence-electron chi connectivity index (χ0n) is 24.2. The summed E-state index contributed by atoms with van der Waals surface area (Å²) in [5.41, 5.74) is 8.47. The lowest BCUT2D eigenvalue weighted by Crippen LogP contribution is -2.10. The fraction of sp³-hybridized carbons (Fsp3) is 0. The Bertz CT molecular complexity index is 2450. The number of thiophene rings is 1. The first kappa shape index (κ1) is 25.8. The second kappa shape index (κ2) is 10.5. The molecule has 0 amide bonds. The second-order valence-electron chi connectivity index (χ2n) is 11.2. The molecular formula is C41H26N2OS. The van der Waals surface area contributed by atoms with Crippen molar-refractivity contribution in [1.29, 1.82) is 0 Å². The summed E-state index contributed by atoms with van der Waals surface area (Å²) in [4.78, 5) is 7.21.